The van der Waals surface area contributed by atoms with Crippen LogP contribution in [0.2, 0.25) is 0 Å². The van der Waals surface area contributed by atoms with E-state index >= 15 is 0 Å². The van der Waals surface area contributed by atoms with E-state index in [1.165, 1.54) is 0 Å². The molecule has 0 aliphatic carbocycles. The lowest BCUT2D eigenvalue weighted by Gasteiger charge is -2.24. The highest BCUT2D eigenvalue weighted by Gasteiger charge is 2.37. The van der Waals surface area contributed by atoms with E-state index in [0.29, 0.717) is 11.4 Å². The van der Waals surface area contributed by atoms with Gasteiger partial charge in [-0.25, -0.2) is 4.68 Å². The molecule has 2 aromatic carbocycles. The van der Waals surface area contributed by atoms with Crippen molar-refractivity contribution in [3.05, 3.63) is 75.5 Å². The molecule has 0 radical (unpaired) electrons. The molecule has 2 heterocycles. The van der Waals surface area contributed by atoms with Crippen LogP contribution < -0.4 is 5.32 Å². The highest BCUT2D eigenvalue weighted by Crippen LogP contribution is 2.39. The summed E-state index contributed by atoms with van der Waals surface area (Å²) in [6.07, 6.45) is 0.137. The molecule has 0 unspecified atom stereocenters. The number of Topliss-reactive ketones (excluding diaryl/α,β-unsaturated/α-hetero) is 1. The fourth-order valence-electron chi connectivity index (χ4n) is 4.10. The molecule has 1 aromatic heterocycles. The Morgan fingerprint density at radius 3 is 2.59 bits per heavy atom. The fraction of sp³-hybridized carbons (Fsp3) is 0.292. The van der Waals surface area contributed by atoms with E-state index in [4.69, 9.17) is 5.10 Å². The predicted molar refractivity (Wildman–Crippen MR) is 114 cm³/mol. The number of hydrogen-bond donors (Lipinski definition) is 1. The van der Waals surface area contributed by atoms with Crippen molar-refractivity contribution in [3.8, 4) is 5.69 Å². The van der Waals surface area contributed by atoms with Gasteiger partial charge in [-0.1, -0.05) is 29.8 Å². The van der Waals surface area contributed by atoms with E-state index in [1.807, 2.05) is 71.0 Å². The zero-order valence-electron chi connectivity index (χ0n) is 17.5. The van der Waals surface area contributed by atoms with Crippen molar-refractivity contribution in [2.45, 2.75) is 47.0 Å². The molecular weight excluding hydrogens is 362 g/mol. The summed E-state index contributed by atoms with van der Waals surface area (Å²) in [7, 11) is 0. The summed E-state index contributed by atoms with van der Waals surface area (Å²) < 4.78 is 1.77. The van der Waals surface area contributed by atoms with Gasteiger partial charge in [0.1, 0.15) is 5.82 Å². The molecule has 1 amide bonds. The van der Waals surface area contributed by atoms with Gasteiger partial charge < -0.3 is 5.32 Å². The molecule has 0 spiro atoms. The van der Waals surface area contributed by atoms with Crippen LogP contribution >= 0.6 is 0 Å². The van der Waals surface area contributed by atoms with E-state index in [2.05, 4.69) is 5.32 Å². The van der Waals surface area contributed by atoms with Gasteiger partial charge in [0.2, 0.25) is 5.91 Å². The summed E-state index contributed by atoms with van der Waals surface area (Å²) in [4.78, 5) is 26.0. The molecular formula is C24H25N3O2. The van der Waals surface area contributed by atoms with Gasteiger partial charge in [-0.15, -0.1) is 0 Å². The first-order chi connectivity index (χ1) is 13.8. The van der Waals surface area contributed by atoms with Crippen LogP contribution in [0.15, 0.2) is 36.4 Å². The lowest BCUT2D eigenvalue weighted by Crippen LogP contribution is -2.29. The number of hydrogen-bond acceptors (Lipinski definition) is 3. The highest BCUT2D eigenvalue weighted by atomic mass is 16.2. The highest BCUT2D eigenvalue weighted by molar-refractivity contribution is 6.08. The standard InChI is InChI=1S/C24H25N3O2/c1-13-9-10-15(3)18(11-13)23(29)19-12-21(28)25-24-22(19)17(5)26-27(24)20-8-6-7-14(2)16(20)4/h6-11,19H,12H2,1-5H3,(H,25,28)/t19-/m1/s1. The number of carbonyl (C=O) groups excluding carboxylic acids is 2. The summed E-state index contributed by atoms with van der Waals surface area (Å²) in [6.45, 7) is 9.90. The fourth-order valence-corrected chi connectivity index (χ4v) is 4.10. The van der Waals surface area contributed by atoms with Gasteiger partial charge in [-0.2, -0.15) is 5.10 Å². The zero-order valence-corrected chi connectivity index (χ0v) is 17.5. The molecule has 0 bridgehead atoms. The van der Waals surface area contributed by atoms with E-state index < -0.39 is 5.92 Å². The first kappa shape index (κ1) is 19.1. The maximum Gasteiger partial charge on any atom is 0.226 e. The third-order valence-corrected chi connectivity index (χ3v) is 5.88. The Kier molecular flexibility index (Phi) is 4.61. The van der Waals surface area contributed by atoms with Crippen LogP contribution in [0, 0.1) is 34.6 Å². The second-order valence-electron chi connectivity index (χ2n) is 7.97. The second-order valence-corrected chi connectivity index (χ2v) is 7.97. The Labute approximate surface area is 170 Å². The summed E-state index contributed by atoms with van der Waals surface area (Å²) in [5.41, 5.74) is 7.37. The molecule has 3 aromatic rings. The maximum absolute atomic E-state index is 13.5. The van der Waals surface area contributed by atoms with Gasteiger partial charge in [-0.05, 0) is 63.4 Å². The number of carbonyl (C=O) groups is 2. The first-order valence-corrected chi connectivity index (χ1v) is 9.85. The molecule has 1 aliphatic heterocycles. The van der Waals surface area contributed by atoms with Gasteiger partial charge in [-0.3, -0.25) is 9.59 Å². The average molecular weight is 387 g/mol. The number of nitrogens with one attached hydrogen (secondary N) is 1. The van der Waals surface area contributed by atoms with Gasteiger partial charge in [0.05, 0.1) is 17.3 Å². The molecule has 0 saturated heterocycles. The van der Waals surface area contributed by atoms with Crippen molar-refractivity contribution in [2.75, 3.05) is 5.32 Å². The number of fused-ring (bicyclic) bond motifs is 1. The molecule has 1 atom stereocenters. The summed E-state index contributed by atoms with van der Waals surface area (Å²) in [5, 5.41) is 7.68. The number of aromatic nitrogens is 2. The van der Waals surface area contributed by atoms with E-state index in [-0.39, 0.29) is 18.1 Å². The number of ketones is 1. The van der Waals surface area contributed by atoms with Crippen LogP contribution in [0.1, 0.15) is 56.2 Å². The van der Waals surface area contributed by atoms with Crippen LogP contribution in [0.25, 0.3) is 5.69 Å². The van der Waals surface area contributed by atoms with Crippen molar-refractivity contribution in [2.24, 2.45) is 0 Å². The molecule has 5 heteroatoms. The van der Waals surface area contributed by atoms with Crippen molar-refractivity contribution in [3.63, 3.8) is 0 Å². The van der Waals surface area contributed by atoms with Crippen molar-refractivity contribution in [1.82, 2.24) is 9.78 Å². The number of anilines is 1. The minimum absolute atomic E-state index is 0.0223. The molecule has 148 valence electrons. The Bertz CT molecular complexity index is 1160. The first-order valence-electron chi connectivity index (χ1n) is 9.85. The molecule has 29 heavy (non-hydrogen) atoms. The average Bonchev–Trinajstić information content (AvgIpc) is 3.01. The molecule has 0 saturated carbocycles. The largest absolute Gasteiger partial charge is 0.310 e. The van der Waals surface area contributed by atoms with E-state index in [0.717, 1.165) is 39.2 Å². The second kappa shape index (κ2) is 6.99. The lowest BCUT2D eigenvalue weighted by atomic mass is 9.84. The molecule has 0 fully saturated rings. The molecule has 1 aliphatic rings. The Morgan fingerprint density at radius 2 is 1.83 bits per heavy atom. The number of rotatable bonds is 3. The lowest BCUT2D eigenvalue weighted by molar-refractivity contribution is -0.116. The Morgan fingerprint density at radius 1 is 1.07 bits per heavy atom. The number of amides is 1. The van der Waals surface area contributed by atoms with E-state index in [9.17, 15) is 9.59 Å². The van der Waals surface area contributed by atoms with E-state index in [1.54, 1.807) is 4.68 Å². The normalized spacial score (nSPS) is 15.8. The third-order valence-electron chi connectivity index (χ3n) is 5.88. The zero-order chi connectivity index (χ0) is 20.9. The monoisotopic (exact) mass is 387 g/mol. The van der Waals surface area contributed by atoms with Gasteiger partial charge in [0.25, 0.3) is 0 Å². The Hall–Kier alpha value is -3.21. The smallest absolute Gasteiger partial charge is 0.226 e. The topological polar surface area (TPSA) is 64.0 Å². The maximum atomic E-state index is 13.5. The predicted octanol–water partition coefficient (Wildman–Crippen LogP) is 4.72. The molecule has 1 N–H and O–H groups in total. The van der Waals surface area contributed by atoms with Gasteiger partial charge in [0.15, 0.2) is 5.78 Å². The minimum atomic E-state index is -0.530. The van der Waals surface area contributed by atoms with Crippen LogP contribution in [0.5, 0.6) is 0 Å². The van der Waals surface area contributed by atoms with Crippen LogP contribution in [-0.4, -0.2) is 21.5 Å². The van der Waals surface area contributed by atoms with Crippen molar-refractivity contribution < 1.29 is 9.59 Å². The van der Waals surface area contributed by atoms with Gasteiger partial charge >= 0.3 is 0 Å². The quantitative estimate of drug-likeness (QED) is 0.661. The third kappa shape index (κ3) is 3.16. The van der Waals surface area contributed by atoms with Crippen molar-refractivity contribution in [1.29, 1.82) is 0 Å². The SMILES string of the molecule is Cc1ccc(C)c(C(=O)[C@@H]2CC(=O)Nc3c2c(C)nn3-c2cccc(C)c2C)c1. The summed E-state index contributed by atoms with van der Waals surface area (Å²) in [5.74, 6) is -0.104. The molecule has 5 nitrogen and oxygen atoms in total. The van der Waals surface area contributed by atoms with Gasteiger partial charge in [0, 0.05) is 17.5 Å². The van der Waals surface area contributed by atoms with Crippen LogP contribution in [0.3, 0.4) is 0 Å². The Balaban J connectivity index is 1.87. The number of benzene rings is 2. The number of aryl methyl sites for hydroxylation is 4. The summed E-state index contributed by atoms with van der Waals surface area (Å²) in [6, 6.07) is 11.9. The van der Waals surface area contributed by atoms with Crippen molar-refractivity contribution >= 4 is 17.5 Å². The molecule has 4 rings (SSSR count). The minimum Gasteiger partial charge on any atom is -0.310 e. The van der Waals surface area contributed by atoms with Crippen LogP contribution in [0.4, 0.5) is 5.82 Å². The summed E-state index contributed by atoms with van der Waals surface area (Å²) >= 11 is 0. The van der Waals surface area contributed by atoms with Crippen LogP contribution in [-0.2, 0) is 4.79 Å². The number of nitrogens with zero attached hydrogens (tertiary/aromatic N) is 2.